The Labute approximate surface area is 152 Å². The van der Waals surface area contributed by atoms with Gasteiger partial charge < -0.3 is 10.1 Å². The van der Waals surface area contributed by atoms with Crippen LogP contribution in [0.25, 0.3) is 0 Å². The number of esters is 1. The molecule has 0 spiro atoms. The van der Waals surface area contributed by atoms with Crippen LogP contribution in [0.15, 0.2) is 18.2 Å². The van der Waals surface area contributed by atoms with Crippen molar-refractivity contribution in [1.29, 1.82) is 0 Å². The number of aryl methyl sites for hydroxylation is 2. The van der Waals surface area contributed by atoms with Gasteiger partial charge in [0.1, 0.15) is 12.1 Å². The highest BCUT2D eigenvalue weighted by molar-refractivity contribution is 6.08. The molecule has 1 aromatic carbocycles. The molecular formula is C19H24N2O5. The number of Topliss-reactive ketones (excluding diaryl/α,β-unsaturated/α-hetero) is 1. The number of rotatable bonds is 7. The molecule has 7 nitrogen and oxygen atoms in total. The molecule has 1 aliphatic heterocycles. The highest BCUT2D eigenvalue weighted by Crippen LogP contribution is 2.24. The Hall–Kier alpha value is -2.70. The van der Waals surface area contributed by atoms with E-state index in [1.807, 2.05) is 19.9 Å². The van der Waals surface area contributed by atoms with Crippen LogP contribution < -0.4 is 5.32 Å². The average Bonchev–Trinajstić information content (AvgIpc) is 2.86. The van der Waals surface area contributed by atoms with E-state index in [1.165, 1.54) is 0 Å². The number of ether oxygens (including phenoxy) is 1. The van der Waals surface area contributed by atoms with E-state index < -0.39 is 36.6 Å². The second-order valence-electron chi connectivity index (χ2n) is 6.49. The monoisotopic (exact) mass is 360 g/mol. The minimum atomic E-state index is -0.966. The lowest BCUT2D eigenvalue weighted by Crippen LogP contribution is -2.46. The maximum atomic E-state index is 12.4. The van der Waals surface area contributed by atoms with E-state index in [1.54, 1.807) is 26.0 Å². The second kappa shape index (κ2) is 7.68. The SMILES string of the molecule is CCC1(CC)NC(=O)N(CC(=O)OCC(=O)c2ccc(C)c(C)c2)C1=O. The van der Waals surface area contributed by atoms with Gasteiger partial charge in [0.05, 0.1) is 0 Å². The zero-order valence-corrected chi connectivity index (χ0v) is 15.5. The Bertz CT molecular complexity index is 752. The zero-order chi connectivity index (χ0) is 19.5. The highest BCUT2D eigenvalue weighted by Gasteiger charge is 2.49. The first-order chi connectivity index (χ1) is 12.2. The van der Waals surface area contributed by atoms with Gasteiger partial charge in [0.25, 0.3) is 5.91 Å². The predicted molar refractivity (Wildman–Crippen MR) is 94.8 cm³/mol. The van der Waals surface area contributed by atoms with Crippen molar-refractivity contribution in [3.8, 4) is 0 Å². The Kier molecular flexibility index (Phi) is 5.79. The quantitative estimate of drug-likeness (QED) is 0.457. The van der Waals surface area contributed by atoms with Crippen molar-refractivity contribution in [2.75, 3.05) is 13.2 Å². The number of imide groups is 1. The van der Waals surface area contributed by atoms with Crippen molar-refractivity contribution in [2.45, 2.75) is 46.1 Å². The maximum absolute atomic E-state index is 12.4. The van der Waals surface area contributed by atoms with E-state index in [0.29, 0.717) is 18.4 Å². The van der Waals surface area contributed by atoms with E-state index >= 15 is 0 Å². The summed E-state index contributed by atoms with van der Waals surface area (Å²) in [6.45, 7) is 6.49. The van der Waals surface area contributed by atoms with Gasteiger partial charge in [-0.05, 0) is 43.9 Å². The molecule has 1 fully saturated rings. The van der Waals surface area contributed by atoms with Crippen molar-refractivity contribution < 1.29 is 23.9 Å². The number of amides is 3. The molecule has 1 aliphatic rings. The average molecular weight is 360 g/mol. The first-order valence-corrected chi connectivity index (χ1v) is 8.64. The summed E-state index contributed by atoms with van der Waals surface area (Å²) in [6, 6.07) is 4.62. The lowest BCUT2D eigenvalue weighted by molar-refractivity contribution is -0.146. The molecule has 0 radical (unpaired) electrons. The van der Waals surface area contributed by atoms with Crippen molar-refractivity contribution >= 4 is 23.7 Å². The van der Waals surface area contributed by atoms with Gasteiger partial charge in [0.2, 0.25) is 0 Å². The molecule has 26 heavy (non-hydrogen) atoms. The van der Waals surface area contributed by atoms with E-state index in [-0.39, 0.29) is 5.78 Å². The molecule has 0 aromatic heterocycles. The first kappa shape index (κ1) is 19.6. The molecule has 0 unspecified atom stereocenters. The summed E-state index contributed by atoms with van der Waals surface area (Å²) in [5.41, 5.74) is 1.52. The van der Waals surface area contributed by atoms with Gasteiger partial charge in [-0.1, -0.05) is 26.0 Å². The number of ketones is 1. The molecule has 1 aromatic rings. The first-order valence-electron chi connectivity index (χ1n) is 8.64. The molecule has 0 atom stereocenters. The second-order valence-corrected chi connectivity index (χ2v) is 6.49. The van der Waals surface area contributed by atoms with Crippen LogP contribution in [0.5, 0.6) is 0 Å². The van der Waals surface area contributed by atoms with Crippen LogP contribution in [0, 0.1) is 13.8 Å². The number of urea groups is 1. The van der Waals surface area contributed by atoms with Crippen LogP contribution in [-0.4, -0.2) is 47.3 Å². The standard InChI is InChI=1S/C19H24N2O5/c1-5-19(6-2)17(24)21(18(25)20-19)10-16(23)26-11-15(22)14-8-7-12(3)13(4)9-14/h7-9H,5-6,10-11H2,1-4H3,(H,20,25). The summed E-state index contributed by atoms with van der Waals surface area (Å²) >= 11 is 0. The fraction of sp³-hybridized carbons (Fsp3) is 0.474. The molecule has 7 heteroatoms. The normalized spacial score (nSPS) is 15.8. The summed E-state index contributed by atoms with van der Waals surface area (Å²) in [5, 5.41) is 2.64. The molecule has 2 rings (SSSR count). The lowest BCUT2D eigenvalue weighted by atomic mass is 9.93. The topological polar surface area (TPSA) is 92.8 Å². The van der Waals surface area contributed by atoms with Crippen LogP contribution in [0.3, 0.4) is 0 Å². The smallest absolute Gasteiger partial charge is 0.326 e. The summed E-state index contributed by atoms with van der Waals surface area (Å²) in [5.74, 6) is -1.58. The fourth-order valence-electron chi connectivity index (χ4n) is 2.87. The van der Waals surface area contributed by atoms with Crippen LogP contribution in [-0.2, 0) is 14.3 Å². The van der Waals surface area contributed by atoms with Crippen LogP contribution in [0.1, 0.15) is 48.2 Å². The van der Waals surface area contributed by atoms with E-state index in [9.17, 15) is 19.2 Å². The van der Waals surface area contributed by atoms with E-state index in [2.05, 4.69) is 5.32 Å². The van der Waals surface area contributed by atoms with Crippen LogP contribution in [0.2, 0.25) is 0 Å². The van der Waals surface area contributed by atoms with Gasteiger partial charge >= 0.3 is 12.0 Å². The fourth-order valence-corrected chi connectivity index (χ4v) is 2.87. The number of hydrogen-bond acceptors (Lipinski definition) is 5. The van der Waals surface area contributed by atoms with Gasteiger partial charge in [-0.15, -0.1) is 0 Å². The van der Waals surface area contributed by atoms with Crippen molar-refractivity contribution in [3.05, 3.63) is 34.9 Å². The van der Waals surface area contributed by atoms with Crippen molar-refractivity contribution in [2.24, 2.45) is 0 Å². The third-order valence-corrected chi connectivity index (χ3v) is 4.93. The Balaban J connectivity index is 1.94. The molecule has 0 saturated carbocycles. The summed E-state index contributed by atoms with van der Waals surface area (Å²) in [4.78, 5) is 49.4. The summed E-state index contributed by atoms with van der Waals surface area (Å²) in [7, 11) is 0. The Morgan fingerprint density at radius 3 is 2.31 bits per heavy atom. The van der Waals surface area contributed by atoms with Gasteiger partial charge in [0.15, 0.2) is 12.4 Å². The van der Waals surface area contributed by atoms with Gasteiger partial charge in [0, 0.05) is 5.56 Å². The lowest BCUT2D eigenvalue weighted by Gasteiger charge is -2.22. The molecule has 1 heterocycles. The maximum Gasteiger partial charge on any atom is 0.326 e. The van der Waals surface area contributed by atoms with E-state index in [4.69, 9.17) is 4.74 Å². The Morgan fingerprint density at radius 1 is 1.12 bits per heavy atom. The van der Waals surface area contributed by atoms with Crippen LogP contribution >= 0.6 is 0 Å². The predicted octanol–water partition coefficient (Wildman–Crippen LogP) is 2.14. The van der Waals surface area contributed by atoms with Crippen LogP contribution in [0.4, 0.5) is 4.79 Å². The molecular weight excluding hydrogens is 336 g/mol. The van der Waals surface area contributed by atoms with Gasteiger partial charge in [-0.25, -0.2) is 4.79 Å². The number of nitrogens with one attached hydrogen (secondary N) is 1. The van der Waals surface area contributed by atoms with Crippen molar-refractivity contribution in [1.82, 2.24) is 10.2 Å². The molecule has 1 saturated heterocycles. The van der Waals surface area contributed by atoms with Crippen molar-refractivity contribution in [3.63, 3.8) is 0 Å². The highest BCUT2D eigenvalue weighted by atomic mass is 16.5. The minimum Gasteiger partial charge on any atom is -0.456 e. The van der Waals surface area contributed by atoms with Gasteiger partial charge in [-0.2, -0.15) is 0 Å². The molecule has 140 valence electrons. The number of benzene rings is 1. The molecule has 0 aliphatic carbocycles. The number of hydrogen-bond donors (Lipinski definition) is 1. The molecule has 3 amide bonds. The van der Waals surface area contributed by atoms with Gasteiger partial charge in [-0.3, -0.25) is 19.3 Å². The number of carbonyl (C=O) groups excluding carboxylic acids is 4. The summed E-state index contributed by atoms with van der Waals surface area (Å²) in [6.07, 6.45) is 0.871. The number of nitrogens with zero attached hydrogens (tertiary/aromatic N) is 1. The van der Waals surface area contributed by atoms with E-state index in [0.717, 1.165) is 16.0 Å². The third kappa shape index (κ3) is 3.76. The summed E-state index contributed by atoms with van der Waals surface area (Å²) < 4.78 is 4.96. The minimum absolute atomic E-state index is 0.338. The number of carbonyl (C=O) groups is 4. The third-order valence-electron chi connectivity index (χ3n) is 4.93. The molecule has 0 bridgehead atoms. The molecule has 1 N–H and O–H groups in total. The largest absolute Gasteiger partial charge is 0.456 e. The zero-order valence-electron chi connectivity index (χ0n) is 15.5. The Morgan fingerprint density at radius 2 is 1.77 bits per heavy atom.